The first-order valence-corrected chi connectivity index (χ1v) is 7.64. The summed E-state index contributed by atoms with van der Waals surface area (Å²) in [6.45, 7) is 2.57. The molecule has 0 radical (unpaired) electrons. The smallest absolute Gasteiger partial charge is 0.229 e. The molecule has 0 aromatic carbocycles. The highest BCUT2D eigenvalue weighted by Crippen LogP contribution is 2.39. The second kappa shape index (κ2) is 5.64. The van der Waals surface area contributed by atoms with E-state index in [1.54, 1.807) is 0 Å². The van der Waals surface area contributed by atoms with Crippen LogP contribution < -0.4 is 0 Å². The van der Waals surface area contributed by atoms with E-state index < -0.39 is 0 Å². The molecular weight excluding hydrogens is 246 g/mol. The van der Waals surface area contributed by atoms with Gasteiger partial charge in [-0.2, -0.15) is 12.6 Å². The van der Waals surface area contributed by atoms with E-state index >= 15 is 0 Å². The summed E-state index contributed by atoms with van der Waals surface area (Å²) in [6.07, 6.45) is 6.92. The molecule has 1 aliphatic carbocycles. The van der Waals surface area contributed by atoms with Gasteiger partial charge in [0.05, 0.1) is 0 Å². The van der Waals surface area contributed by atoms with E-state index in [9.17, 15) is 9.59 Å². The van der Waals surface area contributed by atoms with Gasteiger partial charge in [0.2, 0.25) is 11.8 Å². The van der Waals surface area contributed by atoms with Crippen LogP contribution in [-0.2, 0) is 9.59 Å². The van der Waals surface area contributed by atoms with Gasteiger partial charge in [-0.3, -0.25) is 14.5 Å². The fraction of sp³-hybridized carbons (Fsp3) is 0.857. The number of carbonyl (C=O) groups is 2. The average molecular weight is 269 g/mol. The van der Waals surface area contributed by atoms with Gasteiger partial charge in [-0.15, -0.1) is 0 Å². The van der Waals surface area contributed by atoms with Crippen molar-refractivity contribution in [2.45, 2.75) is 51.9 Å². The minimum Gasteiger partial charge on any atom is -0.282 e. The summed E-state index contributed by atoms with van der Waals surface area (Å²) in [6, 6.07) is 0. The number of hydrogen-bond acceptors (Lipinski definition) is 3. The largest absolute Gasteiger partial charge is 0.282 e. The molecule has 18 heavy (non-hydrogen) atoms. The van der Waals surface area contributed by atoms with Crippen molar-refractivity contribution < 1.29 is 9.59 Å². The lowest BCUT2D eigenvalue weighted by Gasteiger charge is -2.41. The van der Waals surface area contributed by atoms with Crippen molar-refractivity contribution in [2.75, 3.05) is 12.3 Å². The lowest BCUT2D eigenvalue weighted by molar-refractivity contribution is -0.151. The number of imide groups is 1. The number of likely N-dealkylation sites (tertiary alicyclic amines) is 1. The summed E-state index contributed by atoms with van der Waals surface area (Å²) in [5.74, 6) is 1.02. The molecule has 0 bridgehead atoms. The highest BCUT2D eigenvalue weighted by molar-refractivity contribution is 7.80. The molecular formula is C14H23NO2S. The molecule has 4 heteroatoms. The molecule has 1 saturated heterocycles. The number of piperidine rings is 1. The highest BCUT2D eigenvalue weighted by atomic mass is 32.1. The third kappa shape index (κ3) is 2.90. The van der Waals surface area contributed by atoms with Crippen LogP contribution in [0.25, 0.3) is 0 Å². The van der Waals surface area contributed by atoms with Crippen molar-refractivity contribution in [1.82, 2.24) is 4.90 Å². The zero-order valence-electron chi connectivity index (χ0n) is 11.2. The number of rotatable bonds is 3. The van der Waals surface area contributed by atoms with E-state index in [2.05, 4.69) is 12.6 Å². The Morgan fingerprint density at radius 1 is 1.17 bits per heavy atom. The molecule has 2 amide bonds. The molecule has 0 aromatic rings. The quantitative estimate of drug-likeness (QED) is 0.632. The van der Waals surface area contributed by atoms with Crippen LogP contribution in [0.2, 0.25) is 0 Å². The third-order valence-electron chi connectivity index (χ3n) is 4.39. The maximum Gasteiger partial charge on any atom is 0.229 e. The first-order valence-electron chi connectivity index (χ1n) is 7.00. The zero-order valence-corrected chi connectivity index (χ0v) is 12.0. The summed E-state index contributed by atoms with van der Waals surface area (Å²) in [4.78, 5) is 25.6. The van der Waals surface area contributed by atoms with Crippen LogP contribution in [0.3, 0.4) is 0 Å². The molecule has 0 unspecified atom stereocenters. The Bertz CT molecular complexity index is 319. The van der Waals surface area contributed by atoms with E-state index in [0.29, 0.717) is 19.4 Å². The predicted molar refractivity (Wildman–Crippen MR) is 74.5 cm³/mol. The zero-order chi connectivity index (χ0) is 13.2. The van der Waals surface area contributed by atoms with E-state index in [-0.39, 0.29) is 23.1 Å². The Morgan fingerprint density at radius 2 is 1.72 bits per heavy atom. The molecule has 2 aliphatic rings. The number of nitrogens with zero attached hydrogens (tertiary/aromatic N) is 1. The van der Waals surface area contributed by atoms with Gasteiger partial charge in [0.15, 0.2) is 0 Å². The van der Waals surface area contributed by atoms with Crippen molar-refractivity contribution in [2.24, 2.45) is 11.3 Å². The third-order valence-corrected chi connectivity index (χ3v) is 5.06. The minimum absolute atomic E-state index is 0.0190. The predicted octanol–water partition coefficient (Wildman–Crippen LogP) is 2.65. The first kappa shape index (κ1) is 13.9. The molecule has 0 spiro atoms. The number of hydrogen-bond donors (Lipinski definition) is 1. The normalized spacial score (nSPS) is 25.6. The lowest BCUT2D eigenvalue weighted by atomic mass is 9.74. The van der Waals surface area contributed by atoms with Crippen molar-refractivity contribution in [1.29, 1.82) is 0 Å². The van der Waals surface area contributed by atoms with Crippen molar-refractivity contribution in [3.63, 3.8) is 0 Å². The van der Waals surface area contributed by atoms with Gasteiger partial charge in [0, 0.05) is 19.4 Å². The Labute approximate surface area is 115 Å². The summed E-state index contributed by atoms with van der Waals surface area (Å²) in [7, 11) is 0. The van der Waals surface area contributed by atoms with Gasteiger partial charge in [-0.1, -0.05) is 26.2 Å². The van der Waals surface area contributed by atoms with Crippen molar-refractivity contribution in [3.05, 3.63) is 0 Å². The van der Waals surface area contributed by atoms with Crippen molar-refractivity contribution >= 4 is 24.4 Å². The Morgan fingerprint density at radius 3 is 2.22 bits per heavy atom. The second-order valence-corrected chi connectivity index (χ2v) is 6.42. The minimum atomic E-state index is 0.0190. The van der Waals surface area contributed by atoms with E-state index in [0.717, 1.165) is 18.6 Å². The average Bonchev–Trinajstić information content (AvgIpc) is 2.35. The summed E-state index contributed by atoms with van der Waals surface area (Å²) in [5, 5.41) is 0. The second-order valence-electron chi connectivity index (χ2n) is 6.11. The molecule has 3 nitrogen and oxygen atoms in total. The Kier molecular flexibility index (Phi) is 4.36. The number of carbonyl (C=O) groups excluding carboxylic acids is 2. The van der Waals surface area contributed by atoms with E-state index in [1.807, 2.05) is 6.92 Å². The van der Waals surface area contributed by atoms with Crippen LogP contribution in [0.1, 0.15) is 51.9 Å². The van der Waals surface area contributed by atoms with E-state index in [1.165, 1.54) is 24.2 Å². The van der Waals surface area contributed by atoms with Gasteiger partial charge in [-0.05, 0) is 29.9 Å². The molecule has 1 aliphatic heterocycles. The van der Waals surface area contributed by atoms with Crippen LogP contribution in [0.5, 0.6) is 0 Å². The first-order chi connectivity index (χ1) is 8.56. The Hall–Kier alpha value is -0.510. The van der Waals surface area contributed by atoms with Crippen LogP contribution >= 0.6 is 12.6 Å². The van der Waals surface area contributed by atoms with Crippen LogP contribution in [-0.4, -0.2) is 29.0 Å². The maximum absolute atomic E-state index is 12.0. The molecule has 2 fully saturated rings. The maximum atomic E-state index is 12.0. The summed E-state index contributed by atoms with van der Waals surface area (Å²) >= 11 is 4.48. The molecule has 2 rings (SSSR count). The van der Waals surface area contributed by atoms with E-state index in [4.69, 9.17) is 0 Å². The fourth-order valence-corrected chi connectivity index (χ4v) is 3.62. The molecule has 0 N–H and O–H groups in total. The van der Waals surface area contributed by atoms with Crippen LogP contribution in [0.4, 0.5) is 0 Å². The van der Waals surface area contributed by atoms with Crippen LogP contribution in [0, 0.1) is 11.3 Å². The molecule has 1 saturated carbocycles. The molecule has 1 heterocycles. The molecule has 0 atom stereocenters. The van der Waals surface area contributed by atoms with Gasteiger partial charge < -0.3 is 0 Å². The standard InChI is InChI=1S/C14H23NO2S/c1-11-7-12(16)15(13(17)8-11)9-14(10-18)5-3-2-4-6-14/h11,18H,2-10H2,1H3. The molecule has 0 aromatic heterocycles. The summed E-state index contributed by atoms with van der Waals surface area (Å²) in [5.41, 5.74) is 0.0766. The van der Waals surface area contributed by atoms with Gasteiger partial charge in [0.1, 0.15) is 0 Å². The highest BCUT2D eigenvalue weighted by Gasteiger charge is 2.38. The fourth-order valence-electron chi connectivity index (χ4n) is 3.21. The molecule has 102 valence electrons. The monoisotopic (exact) mass is 269 g/mol. The van der Waals surface area contributed by atoms with Crippen molar-refractivity contribution in [3.8, 4) is 0 Å². The topological polar surface area (TPSA) is 37.4 Å². The number of amides is 2. The van der Waals surface area contributed by atoms with Gasteiger partial charge >= 0.3 is 0 Å². The Balaban J connectivity index is 2.06. The lowest BCUT2D eigenvalue weighted by Crippen LogP contribution is -2.49. The van der Waals surface area contributed by atoms with Gasteiger partial charge in [0.25, 0.3) is 0 Å². The van der Waals surface area contributed by atoms with Gasteiger partial charge in [-0.25, -0.2) is 0 Å². The van der Waals surface area contributed by atoms with Crippen LogP contribution in [0.15, 0.2) is 0 Å². The number of thiol groups is 1. The summed E-state index contributed by atoms with van der Waals surface area (Å²) < 4.78 is 0. The SMILES string of the molecule is CC1CC(=O)N(CC2(CS)CCCCC2)C(=O)C1.